The lowest BCUT2D eigenvalue weighted by molar-refractivity contribution is 0.0885. The van der Waals surface area contributed by atoms with Gasteiger partial charge >= 0.3 is 0 Å². The van der Waals surface area contributed by atoms with E-state index in [2.05, 4.69) is 17.6 Å². The van der Waals surface area contributed by atoms with Crippen LogP contribution in [0.3, 0.4) is 0 Å². The van der Waals surface area contributed by atoms with Crippen LogP contribution in [-0.4, -0.2) is 33.5 Å². The van der Waals surface area contributed by atoms with Crippen LogP contribution in [0, 0.1) is 12.8 Å². The number of carbonyl (C=O) groups excluding carboxylic acids is 1. The third-order valence-corrected chi connectivity index (χ3v) is 4.56. The van der Waals surface area contributed by atoms with Gasteiger partial charge in [-0.1, -0.05) is 6.92 Å². The smallest absolute Gasteiger partial charge is 0.287 e. The number of primary sulfonamides is 1. The Morgan fingerprint density at radius 2 is 2.19 bits per heavy atom. The Bertz CT molecular complexity index is 614. The Morgan fingerprint density at radius 1 is 1.52 bits per heavy atom. The van der Waals surface area contributed by atoms with E-state index >= 15 is 0 Å². The maximum Gasteiger partial charge on any atom is 0.287 e. The van der Waals surface area contributed by atoms with Crippen LogP contribution in [0.1, 0.15) is 29.7 Å². The lowest BCUT2D eigenvalue weighted by atomic mass is 9.95. The highest BCUT2D eigenvalue weighted by molar-refractivity contribution is 7.89. The monoisotopic (exact) mass is 337 g/mol. The Hall–Kier alpha value is -1.09. The topological polar surface area (TPSA) is 114 Å². The van der Waals surface area contributed by atoms with Crippen molar-refractivity contribution >= 4 is 28.3 Å². The molecule has 0 aliphatic carbocycles. The Labute approximate surface area is 130 Å². The fraction of sp³-hybridized carbons (Fsp3) is 0.583. The molecule has 9 heteroatoms. The van der Waals surface area contributed by atoms with Crippen LogP contribution in [0.4, 0.5) is 0 Å². The first kappa shape index (κ1) is 18.0. The predicted octanol–water partition coefficient (Wildman–Crippen LogP) is 0.385. The molecule has 0 radical (unpaired) electrons. The van der Waals surface area contributed by atoms with Gasteiger partial charge in [0.05, 0.1) is 0 Å². The number of furan rings is 1. The number of aryl methyl sites for hydroxylation is 1. The van der Waals surface area contributed by atoms with Gasteiger partial charge in [0.25, 0.3) is 5.91 Å². The molecule has 2 atom stereocenters. The zero-order valence-corrected chi connectivity index (χ0v) is 13.5. The summed E-state index contributed by atoms with van der Waals surface area (Å²) in [6.45, 7) is 5.15. The fourth-order valence-electron chi connectivity index (χ4n) is 2.28. The quantitative estimate of drug-likeness (QED) is 0.738. The molecule has 1 aliphatic rings. The van der Waals surface area contributed by atoms with Crippen molar-refractivity contribution in [2.75, 3.05) is 13.1 Å². The van der Waals surface area contributed by atoms with E-state index in [1.54, 1.807) is 0 Å². The minimum absolute atomic E-state index is 0. The number of nitrogens with two attached hydrogens (primary N) is 1. The highest BCUT2D eigenvalue weighted by atomic mass is 35.5. The number of piperidine rings is 1. The SMILES string of the molecule is Cc1oc(C(=O)NC2CNCCC2C)cc1S(N)(=O)=O.Cl. The van der Waals surface area contributed by atoms with E-state index in [9.17, 15) is 13.2 Å². The summed E-state index contributed by atoms with van der Waals surface area (Å²) in [6.07, 6.45) is 0.977. The first-order valence-corrected chi connectivity index (χ1v) is 7.98. The molecule has 0 spiro atoms. The minimum atomic E-state index is -3.88. The second-order valence-electron chi connectivity index (χ2n) is 5.13. The number of hydrogen-bond donors (Lipinski definition) is 3. The van der Waals surface area contributed by atoms with Gasteiger partial charge in [-0.15, -0.1) is 12.4 Å². The van der Waals surface area contributed by atoms with Crippen molar-refractivity contribution in [3.05, 3.63) is 17.6 Å². The molecule has 2 unspecified atom stereocenters. The van der Waals surface area contributed by atoms with E-state index in [-0.39, 0.29) is 34.9 Å². The van der Waals surface area contributed by atoms with Crippen molar-refractivity contribution in [1.82, 2.24) is 10.6 Å². The predicted molar refractivity (Wildman–Crippen MR) is 80.0 cm³/mol. The first-order valence-electron chi connectivity index (χ1n) is 6.44. The van der Waals surface area contributed by atoms with Gasteiger partial charge < -0.3 is 15.1 Å². The molecule has 120 valence electrons. The van der Waals surface area contributed by atoms with Crippen LogP contribution in [-0.2, 0) is 10.0 Å². The van der Waals surface area contributed by atoms with Crippen LogP contribution in [0.15, 0.2) is 15.4 Å². The van der Waals surface area contributed by atoms with E-state index in [0.717, 1.165) is 13.0 Å². The van der Waals surface area contributed by atoms with E-state index in [0.29, 0.717) is 12.5 Å². The van der Waals surface area contributed by atoms with Crippen LogP contribution >= 0.6 is 12.4 Å². The zero-order chi connectivity index (χ0) is 14.9. The number of hydrogen-bond acceptors (Lipinski definition) is 5. The van der Waals surface area contributed by atoms with Gasteiger partial charge in [0, 0.05) is 18.7 Å². The normalized spacial score (nSPS) is 22.4. The average Bonchev–Trinajstić information content (AvgIpc) is 2.74. The number of nitrogens with one attached hydrogen (secondary N) is 2. The summed E-state index contributed by atoms with van der Waals surface area (Å²) in [5.41, 5.74) is 0. The molecule has 7 nitrogen and oxygen atoms in total. The molecule has 4 N–H and O–H groups in total. The van der Waals surface area contributed by atoms with Crippen LogP contribution in [0.2, 0.25) is 0 Å². The molecule has 0 saturated carbocycles. The van der Waals surface area contributed by atoms with E-state index in [1.807, 2.05) is 0 Å². The van der Waals surface area contributed by atoms with E-state index in [1.165, 1.54) is 13.0 Å². The Kier molecular flexibility index (Phi) is 5.80. The third kappa shape index (κ3) is 4.19. The molecule has 1 saturated heterocycles. The first-order chi connectivity index (χ1) is 9.29. The molecule has 0 bridgehead atoms. The Morgan fingerprint density at radius 3 is 2.71 bits per heavy atom. The molecule has 0 aromatic carbocycles. The average molecular weight is 338 g/mol. The molecule has 1 amide bonds. The molecule has 1 aromatic rings. The van der Waals surface area contributed by atoms with Crippen molar-refractivity contribution in [3.8, 4) is 0 Å². The van der Waals surface area contributed by atoms with Crippen molar-refractivity contribution in [3.63, 3.8) is 0 Å². The van der Waals surface area contributed by atoms with Gasteiger partial charge in [0.2, 0.25) is 10.0 Å². The molecule has 21 heavy (non-hydrogen) atoms. The minimum Gasteiger partial charge on any atom is -0.455 e. The van der Waals surface area contributed by atoms with Crippen molar-refractivity contribution < 1.29 is 17.6 Å². The van der Waals surface area contributed by atoms with Gasteiger partial charge in [-0.3, -0.25) is 4.79 Å². The molecule has 2 rings (SSSR count). The van der Waals surface area contributed by atoms with Gasteiger partial charge in [0.1, 0.15) is 10.7 Å². The standard InChI is InChI=1S/C12H19N3O4S.ClH/c1-7-3-4-14-6-9(7)15-12(16)10-5-11(8(2)19-10)20(13,17)18;/h5,7,9,14H,3-4,6H2,1-2H3,(H,15,16)(H2,13,17,18);1H. The number of amides is 1. The largest absolute Gasteiger partial charge is 0.455 e. The lowest BCUT2D eigenvalue weighted by Gasteiger charge is -2.29. The number of rotatable bonds is 3. The van der Waals surface area contributed by atoms with Crippen molar-refractivity contribution in [1.29, 1.82) is 0 Å². The van der Waals surface area contributed by atoms with E-state index in [4.69, 9.17) is 9.56 Å². The second kappa shape index (κ2) is 6.78. The van der Waals surface area contributed by atoms with Gasteiger partial charge in [-0.25, -0.2) is 13.6 Å². The molecule has 1 aliphatic heterocycles. The van der Waals surface area contributed by atoms with Crippen LogP contribution < -0.4 is 15.8 Å². The lowest BCUT2D eigenvalue weighted by Crippen LogP contribution is -2.50. The van der Waals surface area contributed by atoms with Gasteiger partial charge in [-0.05, 0) is 25.8 Å². The molecular weight excluding hydrogens is 318 g/mol. The fourth-order valence-corrected chi connectivity index (χ4v) is 3.00. The second-order valence-corrected chi connectivity index (χ2v) is 6.66. The van der Waals surface area contributed by atoms with E-state index < -0.39 is 15.9 Å². The van der Waals surface area contributed by atoms with Crippen molar-refractivity contribution in [2.45, 2.75) is 31.2 Å². The summed E-state index contributed by atoms with van der Waals surface area (Å²) in [7, 11) is -3.88. The van der Waals surface area contributed by atoms with Gasteiger partial charge in [-0.2, -0.15) is 0 Å². The zero-order valence-electron chi connectivity index (χ0n) is 11.9. The van der Waals surface area contributed by atoms with Gasteiger partial charge in [0.15, 0.2) is 5.76 Å². The third-order valence-electron chi connectivity index (χ3n) is 3.55. The maximum atomic E-state index is 12.1. The highest BCUT2D eigenvalue weighted by Gasteiger charge is 2.26. The molecule has 2 heterocycles. The maximum absolute atomic E-state index is 12.1. The summed E-state index contributed by atoms with van der Waals surface area (Å²) in [6, 6.07) is 1.17. The molecule has 1 fully saturated rings. The summed E-state index contributed by atoms with van der Waals surface area (Å²) in [5.74, 6) is 0.00860. The summed E-state index contributed by atoms with van der Waals surface area (Å²) < 4.78 is 27.8. The van der Waals surface area contributed by atoms with Crippen LogP contribution in [0.5, 0.6) is 0 Å². The molecule has 1 aromatic heterocycles. The van der Waals surface area contributed by atoms with Crippen LogP contribution in [0.25, 0.3) is 0 Å². The number of sulfonamides is 1. The molecular formula is C12H20ClN3O4S. The number of halogens is 1. The van der Waals surface area contributed by atoms with Crippen molar-refractivity contribution in [2.24, 2.45) is 11.1 Å². The highest BCUT2D eigenvalue weighted by Crippen LogP contribution is 2.19. The Balaban J connectivity index is 0.00000220. The summed E-state index contributed by atoms with van der Waals surface area (Å²) >= 11 is 0. The summed E-state index contributed by atoms with van der Waals surface area (Å²) in [4.78, 5) is 11.9. The summed E-state index contributed by atoms with van der Waals surface area (Å²) in [5, 5.41) is 11.1. The number of carbonyl (C=O) groups is 1.